The molecule has 0 fully saturated rings. The highest BCUT2D eigenvalue weighted by Crippen LogP contribution is 2.39. The molecule has 0 bridgehead atoms. The molecule has 0 unspecified atom stereocenters. The van der Waals surface area contributed by atoms with Crippen molar-refractivity contribution in [3.05, 3.63) is 200 Å². The molecule has 0 atom stereocenters. The summed E-state index contributed by atoms with van der Waals surface area (Å²) < 4.78 is 5.00. The second-order valence-electron chi connectivity index (χ2n) is 17.1. The molecule has 0 spiro atoms. The lowest BCUT2D eigenvalue weighted by Crippen LogP contribution is -2.00. The van der Waals surface area contributed by atoms with Crippen LogP contribution in [0.25, 0.3) is 133 Å². The van der Waals surface area contributed by atoms with Crippen LogP contribution in [0.5, 0.6) is 0 Å². The monoisotopic (exact) mass is 879 g/mol. The van der Waals surface area contributed by atoms with Crippen LogP contribution in [0.1, 0.15) is 0 Å². The minimum absolute atomic E-state index is 0.450. The Kier molecular flexibility index (Phi) is 8.82. The zero-order valence-electron chi connectivity index (χ0n) is 36.6. The number of aromatic nitrogens is 6. The van der Waals surface area contributed by atoms with Gasteiger partial charge in [-0.05, 0) is 124 Å². The number of hydrogen-bond donors (Lipinski definition) is 0. The zero-order chi connectivity index (χ0) is 46.2. The number of nitriles is 3. The Labute approximate surface area is 394 Å². The molecular formula is C60H33N9. The largest absolute Gasteiger partial charge is 0.246 e. The summed E-state index contributed by atoms with van der Waals surface area (Å²) in [5.74, 6) is 1.35. The average Bonchev–Trinajstić information content (AvgIpc) is 4.04. The van der Waals surface area contributed by atoms with E-state index in [2.05, 4.69) is 110 Å². The van der Waals surface area contributed by atoms with E-state index < -0.39 is 0 Å². The molecule has 9 heteroatoms. The van der Waals surface area contributed by atoms with E-state index in [4.69, 9.17) is 15.0 Å². The van der Waals surface area contributed by atoms with Gasteiger partial charge < -0.3 is 0 Å². The molecule has 4 heterocycles. The first kappa shape index (κ1) is 39.2. The molecule has 0 N–H and O–H groups in total. The minimum Gasteiger partial charge on any atom is -0.246 e. The maximum absolute atomic E-state index is 10.4. The number of hydrogen-bond acceptors (Lipinski definition) is 6. The van der Waals surface area contributed by atoms with Gasteiger partial charge in [0.2, 0.25) is 0 Å². The molecule has 13 aromatic rings. The fourth-order valence-corrected chi connectivity index (χ4v) is 10.0. The van der Waals surface area contributed by atoms with Crippen molar-refractivity contribution in [3.63, 3.8) is 0 Å². The first-order valence-corrected chi connectivity index (χ1v) is 22.4. The van der Waals surface area contributed by atoms with Crippen molar-refractivity contribution < 1.29 is 0 Å². The topological polar surface area (TPSA) is 125 Å². The summed E-state index contributed by atoms with van der Waals surface area (Å²) in [4.78, 5) is 15.7. The molecule has 4 aromatic heterocycles. The molecule has 0 amide bonds. The van der Waals surface area contributed by atoms with E-state index >= 15 is 0 Å². The van der Waals surface area contributed by atoms with Crippen LogP contribution < -0.4 is 0 Å². The predicted octanol–water partition coefficient (Wildman–Crippen LogP) is 14.2. The standard InChI is InChI=1S/C60H33N9/c61-34-67-52-22-16-40(37-10-4-1-5-11-37)28-46(52)49-31-43(19-25-55(49)67)58-64-59(44-20-26-56-50(32-44)47-29-41(38-12-6-2-7-13-38)17-23-53(47)68(56)35-62)66-60(65-58)45-21-27-57-51(33-45)48-30-42(39-14-8-3-9-15-39)18-24-54(48)69(57)36-63/h1-33H. The molecule has 0 aliphatic heterocycles. The molecule has 9 aromatic carbocycles. The van der Waals surface area contributed by atoms with Gasteiger partial charge in [-0.3, -0.25) is 0 Å². The Hall–Kier alpha value is -10.1. The van der Waals surface area contributed by atoms with Crippen LogP contribution in [0.15, 0.2) is 200 Å². The Balaban J connectivity index is 1.03. The average molecular weight is 880 g/mol. The third kappa shape index (κ3) is 6.26. The number of benzene rings is 9. The molecule has 0 aliphatic carbocycles. The number of nitrogens with zero attached hydrogens (tertiary/aromatic N) is 9. The molecule has 0 saturated heterocycles. The smallest absolute Gasteiger partial charge is 0.189 e. The molecule has 318 valence electrons. The molecule has 69 heavy (non-hydrogen) atoms. The molecular weight excluding hydrogens is 847 g/mol. The van der Waals surface area contributed by atoms with Crippen LogP contribution in [0.3, 0.4) is 0 Å². The van der Waals surface area contributed by atoms with Crippen LogP contribution in [0.2, 0.25) is 0 Å². The van der Waals surface area contributed by atoms with Gasteiger partial charge >= 0.3 is 0 Å². The van der Waals surface area contributed by atoms with E-state index in [1.54, 1.807) is 13.7 Å². The number of fused-ring (bicyclic) bond motifs is 9. The van der Waals surface area contributed by atoms with Crippen molar-refractivity contribution in [3.8, 4) is 86.1 Å². The molecule has 13 rings (SSSR count). The van der Waals surface area contributed by atoms with Crippen LogP contribution in [-0.4, -0.2) is 28.7 Å². The Morgan fingerprint density at radius 3 is 0.696 bits per heavy atom. The van der Waals surface area contributed by atoms with Gasteiger partial charge in [0.1, 0.15) is 0 Å². The van der Waals surface area contributed by atoms with Crippen LogP contribution in [0, 0.1) is 34.4 Å². The van der Waals surface area contributed by atoms with Crippen molar-refractivity contribution in [1.29, 1.82) is 15.8 Å². The number of rotatable bonds is 6. The summed E-state index contributed by atoms with van der Waals surface area (Å²) in [6, 6.07) is 67.2. The van der Waals surface area contributed by atoms with E-state index in [1.165, 1.54) is 0 Å². The van der Waals surface area contributed by atoms with E-state index in [9.17, 15) is 15.8 Å². The molecule has 0 aliphatic rings. The summed E-state index contributed by atoms with van der Waals surface area (Å²) in [6.07, 6.45) is 7.19. The fourth-order valence-electron chi connectivity index (χ4n) is 10.0. The van der Waals surface area contributed by atoms with Crippen molar-refractivity contribution in [2.75, 3.05) is 0 Å². The summed E-state index contributed by atoms with van der Waals surface area (Å²) in [6.45, 7) is 0. The summed E-state index contributed by atoms with van der Waals surface area (Å²) in [5.41, 5.74) is 13.4. The summed E-state index contributed by atoms with van der Waals surface area (Å²) >= 11 is 0. The first-order chi connectivity index (χ1) is 34.0. The zero-order valence-corrected chi connectivity index (χ0v) is 36.6. The minimum atomic E-state index is 0.450. The Bertz CT molecular complexity index is 3930. The third-order valence-electron chi connectivity index (χ3n) is 13.3. The highest BCUT2D eigenvalue weighted by molar-refractivity contribution is 6.13. The van der Waals surface area contributed by atoms with Gasteiger partial charge in [-0.15, -0.1) is 0 Å². The summed E-state index contributed by atoms with van der Waals surface area (Å²) in [5, 5.41) is 36.8. The van der Waals surface area contributed by atoms with Gasteiger partial charge in [0, 0.05) is 49.0 Å². The van der Waals surface area contributed by atoms with E-state index in [-0.39, 0.29) is 0 Å². The lowest BCUT2D eigenvalue weighted by Gasteiger charge is -2.10. The van der Waals surface area contributed by atoms with Gasteiger partial charge in [-0.2, -0.15) is 15.8 Å². The Morgan fingerprint density at radius 1 is 0.246 bits per heavy atom. The van der Waals surface area contributed by atoms with Gasteiger partial charge in [0.25, 0.3) is 0 Å². The van der Waals surface area contributed by atoms with Gasteiger partial charge in [0.05, 0.1) is 33.1 Å². The normalized spacial score (nSPS) is 11.4. The van der Waals surface area contributed by atoms with E-state index in [1.807, 2.05) is 109 Å². The molecule has 9 nitrogen and oxygen atoms in total. The van der Waals surface area contributed by atoms with Crippen molar-refractivity contribution in [2.24, 2.45) is 0 Å². The quantitative estimate of drug-likeness (QED) is 0.164. The second-order valence-corrected chi connectivity index (χ2v) is 17.1. The van der Waals surface area contributed by atoms with Crippen LogP contribution in [-0.2, 0) is 0 Å². The van der Waals surface area contributed by atoms with Gasteiger partial charge in [-0.25, -0.2) is 28.7 Å². The third-order valence-corrected chi connectivity index (χ3v) is 13.3. The highest BCUT2D eigenvalue weighted by atomic mass is 15.0. The van der Waals surface area contributed by atoms with Gasteiger partial charge in [-0.1, -0.05) is 109 Å². The predicted molar refractivity (Wildman–Crippen MR) is 274 cm³/mol. The van der Waals surface area contributed by atoms with Gasteiger partial charge in [0.15, 0.2) is 36.1 Å². The Morgan fingerprint density at radius 2 is 0.464 bits per heavy atom. The molecule has 0 saturated carbocycles. The highest BCUT2D eigenvalue weighted by Gasteiger charge is 2.20. The lowest BCUT2D eigenvalue weighted by atomic mass is 10.0. The maximum atomic E-state index is 10.4. The lowest BCUT2D eigenvalue weighted by molar-refractivity contribution is 1.08. The first-order valence-electron chi connectivity index (χ1n) is 22.4. The SMILES string of the molecule is N#Cn1c2ccc(-c3ccccc3)cc2c2cc(-c3nc(-c4ccc5c(c4)c4cc(-c6ccccc6)ccc4n5C#N)nc(-c4ccc5c(c4)c4cc(-c6ccccc6)ccc4n5C#N)n3)ccc21. The van der Waals surface area contributed by atoms with E-state index in [0.29, 0.717) is 17.5 Å². The van der Waals surface area contributed by atoms with Crippen molar-refractivity contribution in [2.45, 2.75) is 0 Å². The molecule has 0 radical (unpaired) electrons. The maximum Gasteiger partial charge on any atom is 0.189 e. The van der Waals surface area contributed by atoms with Crippen LogP contribution >= 0.6 is 0 Å². The fraction of sp³-hybridized carbons (Fsp3) is 0. The van der Waals surface area contributed by atoms with E-state index in [0.717, 1.165) is 115 Å². The van der Waals surface area contributed by atoms with Crippen molar-refractivity contribution in [1.82, 2.24) is 28.7 Å². The van der Waals surface area contributed by atoms with Crippen LogP contribution in [0.4, 0.5) is 0 Å². The second kappa shape index (κ2) is 15.5. The summed E-state index contributed by atoms with van der Waals surface area (Å²) in [7, 11) is 0. The van der Waals surface area contributed by atoms with Crippen molar-refractivity contribution >= 4 is 65.4 Å².